The Bertz CT molecular complexity index is 414. The minimum atomic E-state index is 0.635. The van der Waals surface area contributed by atoms with E-state index in [4.69, 9.17) is 0 Å². The molecule has 3 nitrogen and oxygen atoms in total. The van der Waals surface area contributed by atoms with E-state index in [2.05, 4.69) is 15.3 Å². The van der Waals surface area contributed by atoms with Crippen molar-refractivity contribution in [2.24, 2.45) is 0 Å². The molecule has 20 heavy (non-hydrogen) atoms. The molecule has 0 amide bonds. The highest BCUT2D eigenvalue weighted by molar-refractivity contribution is 5.52. The number of benzene rings is 1. The summed E-state index contributed by atoms with van der Waals surface area (Å²) in [6.45, 7) is 13.9. The molecule has 0 spiro atoms. The van der Waals surface area contributed by atoms with Crippen LogP contribution in [0.5, 0.6) is 0 Å². The Morgan fingerprint density at radius 1 is 0.800 bits per heavy atom. The summed E-state index contributed by atoms with van der Waals surface area (Å²) in [5.74, 6) is 0.635. The van der Waals surface area contributed by atoms with E-state index >= 15 is 0 Å². The van der Waals surface area contributed by atoms with Crippen molar-refractivity contribution in [1.82, 2.24) is 9.97 Å². The zero-order chi connectivity index (χ0) is 15.8. The standard InChI is InChI=1S/C11H11N3.3C2H6/c1-9-7-8-12-11(13-9)14-10-5-3-2-4-6-10;3*1-2/h2-8H,1H3,(H,12,13,14);3*1-2H3. The topological polar surface area (TPSA) is 37.8 Å². The predicted octanol–water partition coefficient (Wildman–Crippen LogP) is 5.61. The van der Waals surface area contributed by atoms with E-state index < -0.39 is 0 Å². The summed E-state index contributed by atoms with van der Waals surface area (Å²) in [5.41, 5.74) is 1.96. The Morgan fingerprint density at radius 3 is 1.85 bits per heavy atom. The number of rotatable bonds is 2. The molecule has 1 N–H and O–H groups in total. The van der Waals surface area contributed by atoms with Gasteiger partial charge in [0, 0.05) is 17.6 Å². The van der Waals surface area contributed by atoms with Gasteiger partial charge in [0.05, 0.1) is 0 Å². The molecule has 0 radical (unpaired) electrons. The number of aryl methyl sites for hydroxylation is 1. The maximum Gasteiger partial charge on any atom is 0.227 e. The Morgan fingerprint density at radius 2 is 1.35 bits per heavy atom. The Kier molecular flexibility index (Phi) is 15.5. The smallest absolute Gasteiger partial charge is 0.227 e. The average Bonchev–Trinajstić information content (AvgIpc) is 2.54. The monoisotopic (exact) mass is 275 g/mol. The number of aromatic nitrogens is 2. The fourth-order valence-corrected chi connectivity index (χ4v) is 1.16. The zero-order valence-corrected chi connectivity index (χ0v) is 13.9. The van der Waals surface area contributed by atoms with Crippen LogP contribution in [0, 0.1) is 6.92 Å². The van der Waals surface area contributed by atoms with E-state index in [1.807, 2.05) is 84.9 Å². The Labute approximate surface area is 124 Å². The summed E-state index contributed by atoms with van der Waals surface area (Å²) < 4.78 is 0. The van der Waals surface area contributed by atoms with E-state index in [-0.39, 0.29) is 0 Å². The number of anilines is 2. The lowest BCUT2D eigenvalue weighted by Gasteiger charge is -2.03. The number of para-hydroxylation sites is 1. The number of nitrogens with zero attached hydrogens (tertiary/aromatic N) is 2. The molecule has 0 unspecified atom stereocenters. The average molecular weight is 275 g/mol. The van der Waals surface area contributed by atoms with Crippen molar-refractivity contribution in [2.75, 3.05) is 5.32 Å². The van der Waals surface area contributed by atoms with Gasteiger partial charge in [-0.15, -0.1) is 0 Å². The van der Waals surface area contributed by atoms with Crippen LogP contribution < -0.4 is 5.32 Å². The van der Waals surface area contributed by atoms with Crippen LogP contribution in [0.15, 0.2) is 42.6 Å². The first-order valence-corrected chi connectivity index (χ1v) is 7.46. The second-order valence-electron chi connectivity index (χ2n) is 3.01. The minimum Gasteiger partial charge on any atom is -0.324 e. The number of hydrogen-bond donors (Lipinski definition) is 1. The molecule has 0 aliphatic rings. The zero-order valence-electron chi connectivity index (χ0n) is 13.9. The molecule has 1 heterocycles. The highest BCUT2D eigenvalue weighted by Gasteiger charge is 1.95. The second kappa shape index (κ2) is 15.2. The van der Waals surface area contributed by atoms with Gasteiger partial charge in [-0.3, -0.25) is 0 Å². The highest BCUT2D eigenvalue weighted by atomic mass is 15.1. The molecule has 0 aliphatic carbocycles. The van der Waals surface area contributed by atoms with E-state index in [1.54, 1.807) is 6.20 Å². The maximum absolute atomic E-state index is 4.25. The summed E-state index contributed by atoms with van der Waals surface area (Å²) in [6.07, 6.45) is 1.74. The van der Waals surface area contributed by atoms with E-state index in [1.165, 1.54) is 0 Å². The lowest BCUT2D eigenvalue weighted by Crippen LogP contribution is -1.96. The molecule has 1 aromatic carbocycles. The molecule has 0 saturated heterocycles. The van der Waals surface area contributed by atoms with Crippen molar-refractivity contribution in [3.8, 4) is 0 Å². The van der Waals surface area contributed by atoms with Crippen LogP contribution in [-0.4, -0.2) is 9.97 Å². The molecule has 112 valence electrons. The van der Waals surface area contributed by atoms with Gasteiger partial charge in [0.15, 0.2) is 0 Å². The third kappa shape index (κ3) is 9.09. The minimum absolute atomic E-state index is 0.635. The van der Waals surface area contributed by atoms with Gasteiger partial charge in [-0.2, -0.15) is 0 Å². The molecule has 0 aliphatic heterocycles. The summed E-state index contributed by atoms with van der Waals surface area (Å²) in [4.78, 5) is 8.36. The van der Waals surface area contributed by atoms with Crippen molar-refractivity contribution >= 4 is 11.6 Å². The third-order valence-corrected chi connectivity index (χ3v) is 1.82. The van der Waals surface area contributed by atoms with Gasteiger partial charge < -0.3 is 5.32 Å². The lowest BCUT2D eigenvalue weighted by molar-refractivity contribution is 1.11. The van der Waals surface area contributed by atoms with Crippen molar-refractivity contribution in [3.05, 3.63) is 48.3 Å². The van der Waals surface area contributed by atoms with Crippen molar-refractivity contribution < 1.29 is 0 Å². The van der Waals surface area contributed by atoms with E-state index in [9.17, 15) is 0 Å². The second-order valence-corrected chi connectivity index (χ2v) is 3.01. The molecule has 0 fully saturated rings. The van der Waals surface area contributed by atoms with Gasteiger partial charge in [-0.1, -0.05) is 59.7 Å². The first-order chi connectivity index (χ1) is 9.84. The summed E-state index contributed by atoms with van der Waals surface area (Å²) in [5, 5.41) is 3.12. The molecule has 0 bridgehead atoms. The number of hydrogen-bond acceptors (Lipinski definition) is 3. The van der Waals surface area contributed by atoms with Gasteiger partial charge in [0.1, 0.15) is 0 Å². The van der Waals surface area contributed by atoms with Gasteiger partial charge >= 0.3 is 0 Å². The van der Waals surface area contributed by atoms with E-state index in [0.29, 0.717) is 5.95 Å². The SMILES string of the molecule is CC.CC.CC.Cc1ccnc(Nc2ccccc2)n1. The van der Waals surface area contributed by atoms with Crippen molar-refractivity contribution in [1.29, 1.82) is 0 Å². The van der Waals surface area contributed by atoms with E-state index in [0.717, 1.165) is 11.4 Å². The van der Waals surface area contributed by atoms with Gasteiger partial charge in [0.25, 0.3) is 0 Å². The van der Waals surface area contributed by atoms with Crippen molar-refractivity contribution in [3.63, 3.8) is 0 Å². The van der Waals surface area contributed by atoms with Crippen LogP contribution in [0.2, 0.25) is 0 Å². The fourth-order valence-electron chi connectivity index (χ4n) is 1.16. The summed E-state index contributed by atoms with van der Waals surface area (Å²) in [7, 11) is 0. The summed E-state index contributed by atoms with van der Waals surface area (Å²) in [6, 6.07) is 11.7. The fraction of sp³-hybridized carbons (Fsp3) is 0.412. The van der Waals surface area contributed by atoms with Crippen molar-refractivity contribution in [2.45, 2.75) is 48.5 Å². The third-order valence-electron chi connectivity index (χ3n) is 1.82. The molecule has 1 aromatic heterocycles. The van der Waals surface area contributed by atoms with Gasteiger partial charge in [-0.05, 0) is 25.1 Å². The molecule has 0 atom stereocenters. The summed E-state index contributed by atoms with van der Waals surface area (Å²) >= 11 is 0. The maximum atomic E-state index is 4.25. The van der Waals surface area contributed by atoms with Gasteiger partial charge in [0.2, 0.25) is 5.95 Å². The Hall–Kier alpha value is -1.90. The lowest BCUT2D eigenvalue weighted by atomic mass is 10.3. The Balaban J connectivity index is 0. The molecule has 2 aromatic rings. The largest absolute Gasteiger partial charge is 0.324 e. The van der Waals surface area contributed by atoms with Crippen LogP contribution in [0.4, 0.5) is 11.6 Å². The van der Waals surface area contributed by atoms with Crippen LogP contribution in [-0.2, 0) is 0 Å². The molecular weight excluding hydrogens is 246 g/mol. The normalized spacial score (nSPS) is 7.75. The highest BCUT2D eigenvalue weighted by Crippen LogP contribution is 2.10. The molecule has 3 heteroatoms. The van der Waals surface area contributed by atoms with Crippen LogP contribution in [0.25, 0.3) is 0 Å². The molecule has 2 rings (SSSR count). The van der Waals surface area contributed by atoms with Crippen LogP contribution >= 0.6 is 0 Å². The number of nitrogens with one attached hydrogen (secondary N) is 1. The quantitative estimate of drug-likeness (QED) is 0.774. The first-order valence-electron chi connectivity index (χ1n) is 7.46. The predicted molar refractivity (Wildman–Crippen MR) is 90.5 cm³/mol. The molecule has 0 saturated carbocycles. The first kappa shape index (κ1) is 20.4. The van der Waals surface area contributed by atoms with Crippen LogP contribution in [0.1, 0.15) is 47.2 Å². The molecular formula is C17H29N3. The van der Waals surface area contributed by atoms with Crippen LogP contribution in [0.3, 0.4) is 0 Å². The van der Waals surface area contributed by atoms with Gasteiger partial charge in [-0.25, -0.2) is 9.97 Å².